The molecule has 0 unspecified atom stereocenters. The minimum atomic E-state index is -0.315. The molecule has 0 aliphatic heterocycles. The van der Waals surface area contributed by atoms with Crippen molar-refractivity contribution in [3.05, 3.63) is 41.8 Å². The number of hydrogen-bond acceptors (Lipinski definition) is 3. The first-order chi connectivity index (χ1) is 8.56. The highest BCUT2D eigenvalue weighted by atomic mass is 19.1. The molecule has 0 aliphatic rings. The van der Waals surface area contributed by atoms with Crippen LogP contribution in [0, 0.1) is 5.82 Å². The number of hydrogen-bond donors (Lipinski definition) is 1. The van der Waals surface area contributed by atoms with Crippen molar-refractivity contribution in [2.75, 3.05) is 5.73 Å². The summed E-state index contributed by atoms with van der Waals surface area (Å²) in [6.07, 6.45) is 0. The third kappa shape index (κ3) is 2.80. The Morgan fingerprint density at radius 3 is 2.83 bits per heavy atom. The van der Waals surface area contributed by atoms with E-state index in [1.807, 2.05) is 13.8 Å². The van der Waals surface area contributed by atoms with Gasteiger partial charge in [0.15, 0.2) is 0 Å². The molecule has 0 radical (unpaired) electrons. The molecule has 96 valence electrons. The van der Waals surface area contributed by atoms with Crippen molar-refractivity contribution in [1.82, 2.24) is 9.78 Å². The molecular weight excluding hydrogens is 233 g/mol. The van der Waals surface area contributed by atoms with Gasteiger partial charge in [-0.1, -0.05) is 6.07 Å². The minimum absolute atomic E-state index is 0.202. The molecule has 1 heterocycles. The number of ether oxygens (including phenoxy) is 1. The van der Waals surface area contributed by atoms with Gasteiger partial charge in [-0.15, -0.1) is 0 Å². The van der Waals surface area contributed by atoms with E-state index in [0.717, 1.165) is 5.69 Å². The Morgan fingerprint density at radius 2 is 2.17 bits per heavy atom. The quantitative estimate of drug-likeness (QED) is 0.906. The third-order valence-corrected chi connectivity index (χ3v) is 2.50. The van der Waals surface area contributed by atoms with Gasteiger partial charge in [0.25, 0.3) is 0 Å². The molecule has 4 nitrogen and oxygen atoms in total. The summed E-state index contributed by atoms with van der Waals surface area (Å²) >= 11 is 0. The summed E-state index contributed by atoms with van der Waals surface area (Å²) in [6.45, 7) is 4.34. The number of nitrogens with two attached hydrogens (primary N) is 1. The molecule has 5 heteroatoms. The second kappa shape index (κ2) is 5.08. The number of nitrogens with zero attached hydrogens (tertiary/aromatic N) is 2. The lowest BCUT2D eigenvalue weighted by Crippen LogP contribution is -2.10. The highest BCUT2D eigenvalue weighted by Crippen LogP contribution is 2.17. The van der Waals surface area contributed by atoms with Gasteiger partial charge in [0.2, 0.25) is 0 Å². The minimum Gasteiger partial charge on any atom is -0.487 e. The first-order valence-electron chi connectivity index (χ1n) is 5.78. The van der Waals surface area contributed by atoms with Gasteiger partial charge < -0.3 is 10.5 Å². The Labute approximate surface area is 105 Å². The summed E-state index contributed by atoms with van der Waals surface area (Å²) < 4.78 is 20.3. The average molecular weight is 249 g/mol. The van der Waals surface area contributed by atoms with Gasteiger partial charge in [-0.3, -0.25) is 4.68 Å². The molecule has 2 aromatic rings. The van der Waals surface area contributed by atoms with Crippen LogP contribution in [0.15, 0.2) is 30.3 Å². The summed E-state index contributed by atoms with van der Waals surface area (Å²) in [6, 6.07) is 8.01. The van der Waals surface area contributed by atoms with Crippen LogP contribution in [0.25, 0.3) is 0 Å². The lowest BCUT2D eigenvalue weighted by molar-refractivity contribution is 0.286. The lowest BCUT2D eigenvalue weighted by atomic mass is 10.3. The van der Waals surface area contributed by atoms with E-state index in [1.54, 1.807) is 22.9 Å². The smallest absolute Gasteiger partial charge is 0.145 e. The Morgan fingerprint density at radius 1 is 1.39 bits per heavy atom. The molecule has 0 atom stereocenters. The number of aromatic nitrogens is 2. The fraction of sp³-hybridized carbons (Fsp3) is 0.308. The van der Waals surface area contributed by atoms with Crippen LogP contribution in [0.5, 0.6) is 5.75 Å². The van der Waals surface area contributed by atoms with E-state index in [9.17, 15) is 4.39 Å². The molecule has 0 fully saturated rings. The second-order valence-electron chi connectivity index (χ2n) is 4.34. The number of nitrogen functional groups attached to an aromatic ring is 1. The summed E-state index contributed by atoms with van der Waals surface area (Å²) in [5.74, 6) is 0.635. The average Bonchev–Trinajstić information content (AvgIpc) is 2.68. The number of halogens is 1. The second-order valence-corrected chi connectivity index (χ2v) is 4.34. The van der Waals surface area contributed by atoms with Crippen LogP contribution in [0.3, 0.4) is 0 Å². The normalized spacial score (nSPS) is 10.9. The fourth-order valence-corrected chi connectivity index (χ4v) is 1.72. The van der Waals surface area contributed by atoms with Gasteiger partial charge in [-0.05, 0) is 26.0 Å². The molecule has 0 spiro atoms. The third-order valence-electron chi connectivity index (χ3n) is 2.50. The summed E-state index contributed by atoms with van der Waals surface area (Å²) in [5, 5.41) is 4.18. The van der Waals surface area contributed by atoms with E-state index in [4.69, 9.17) is 10.5 Å². The monoisotopic (exact) mass is 249 g/mol. The Bertz CT molecular complexity index is 537. The SMILES string of the molecule is CC(C)n1nc(N)cc1COc1cccc(F)c1. The molecule has 0 amide bonds. The van der Waals surface area contributed by atoms with E-state index in [2.05, 4.69) is 5.10 Å². The first kappa shape index (κ1) is 12.4. The van der Waals surface area contributed by atoms with Crippen LogP contribution in [0.4, 0.5) is 10.2 Å². The van der Waals surface area contributed by atoms with Gasteiger partial charge >= 0.3 is 0 Å². The fourth-order valence-electron chi connectivity index (χ4n) is 1.72. The Kier molecular flexibility index (Phi) is 3.50. The van der Waals surface area contributed by atoms with Crippen LogP contribution < -0.4 is 10.5 Å². The Hall–Kier alpha value is -2.04. The molecule has 2 N–H and O–H groups in total. The van der Waals surface area contributed by atoms with Crippen LogP contribution in [-0.2, 0) is 6.61 Å². The highest BCUT2D eigenvalue weighted by Gasteiger charge is 2.09. The topological polar surface area (TPSA) is 53.1 Å². The van der Waals surface area contributed by atoms with Crippen molar-refractivity contribution < 1.29 is 9.13 Å². The molecule has 18 heavy (non-hydrogen) atoms. The summed E-state index contributed by atoms with van der Waals surface area (Å²) in [7, 11) is 0. The van der Waals surface area contributed by atoms with Crippen LogP contribution >= 0.6 is 0 Å². The van der Waals surface area contributed by atoms with Gasteiger partial charge in [0.05, 0.1) is 5.69 Å². The Balaban J connectivity index is 2.10. The lowest BCUT2D eigenvalue weighted by Gasteiger charge is -2.11. The van der Waals surface area contributed by atoms with E-state index < -0.39 is 0 Å². The van der Waals surface area contributed by atoms with Gasteiger partial charge in [-0.25, -0.2) is 4.39 Å². The van der Waals surface area contributed by atoms with Crippen molar-refractivity contribution in [3.8, 4) is 5.75 Å². The number of anilines is 1. The predicted molar refractivity (Wildman–Crippen MR) is 67.8 cm³/mol. The van der Waals surface area contributed by atoms with Gasteiger partial charge in [-0.2, -0.15) is 5.10 Å². The van der Waals surface area contributed by atoms with Crippen molar-refractivity contribution in [2.24, 2.45) is 0 Å². The zero-order valence-electron chi connectivity index (χ0n) is 10.4. The molecule has 0 saturated heterocycles. The number of rotatable bonds is 4. The molecular formula is C13H16FN3O. The first-order valence-corrected chi connectivity index (χ1v) is 5.78. The largest absolute Gasteiger partial charge is 0.487 e. The van der Waals surface area contributed by atoms with E-state index in [0.29, 0.717) is 18.2 Å². The standard InChI is InChI=1S/C13H16FN3O/c1-9(2)17-11(7-13(15)16-17)8-18-12-5-3-4-10(14)6-12/h3-7,9H,8H2,1-2H3,(H2,15,16). The van der Waals surface area contributed by atoms with Gasteiger partial charge in [0.1, 0.15) is 24.0 Å². The molecule has 2 rings (SSSR count). The molecule has 0 aliphatic carbocycles. The van der Waals surface area contributed by atoms with E-state index >= 15 is 0 Å². The molecule has 0 saturated carbocycles. The summed E-state index contributed by atoms with van der Waals surface area (Å²) in [4.78, 5) is 0. The van der Waals surface area contributed by atoms with E-state index in [-0.39, 0.29) is 11.9 Å². The van der Waals surface area contributed by atoms with Crippen molar-refractivity contribution >= 4 is 5.82 Å². The van der Waals surface area contributed by atoms with Crippen LogP contribution in [-0.4, -0.2) is 9.78 Å². The molecule has 0 bridgehead atoms. The van der Waals surface area contributed by atoms with Crippen molar-refractivity contribution in [3.63, 3.8) is 0 Å². The maximum Gasteiger partial charge on any atom is 0.145 e. The maximum atomic E-state index is 13.0. The maximum absolute atomic E-state index is 13.0. The molecule has 1 aromatic carbocycles. The molecule has 1 aromatic heterocycles. The predicted octanol–water partition coefficient (Wildman–Crippen LogP) is 2.76. The number of benzene rings is 1. The van der Waals surface area contributed by atoms with Crippen LogP contribution in [0.2, 0.25) is 0 Å². The summed E-state index contributed by atoms with van der Waals surface area (Å²) in [5.41, 5.74) is 6.53. The zero-order chi connectivity index (χ0) is 13.1. The van der Waals surface area contributed by atoms with Crippen molar-refractivity contribution in [1.29, 1.82) is 0 Å². The van der Waals surface area contributed by atoms with E-state index in [1.165, 1.54) is 12.1 Å². The van der Waals surface area contributed by atoms with Gasteiger partial charge in [0, 0.05) is 18.2 Å². The zero-order valence-corrected chi connectivity index (χ0v) is 10.4. The highest BCUT2D eigenvalue weighted by molar-refractivity contribution is 5.30. The van der Waals surface area contributed by atoms with Crippen LogP contribution in [0.1, 0.15) is 25.6 Å². The van der Waals surface area contributed by atoms with Crippen molar-refractivity contribution in [2.45, 2.75) is 26.5 Å².